The van der Waals surface area contributed by atoms with Crippen LogP contribution in [0.15, 0.2) is 42.6 Å². The molecule has 0 saturated heterocycles. The van der Waals surface area contributed by atoms with E-state index in [1.807, 2.05) is 0 Å². The zero-order chi connectivity index (χ0) is 20.3. The van der Waals surface area contributed by atoms with Gasteiger partial charge >= 0.3 is 6.18 Å². The van der Waals surface area contributed by atoms with Crippen molar-refractivity contribution in [1.82, 2.24) is 15.0 Å². The molecule has 0 radical (unpaired) electrons. The molecule has 3 N–H and O–H groups in total. The number of pyridine rings is 1. The number of aromatic nitrogens is 3. The van der Waals surface area contributed by atoms with Crippen LogP contribution in [0.3, 0.4) is 0 Å². The Morgan fingerprint density at radius 1 is 1.21 bits per heavy atom. The van der Waals surface area contributed by atoms with Gasteiger partial charge in [-0.15, -0.1) is 0 Å². The van der Waals surface area contributed by atoms with E-state index in [0.717, 1.165) is 18.9 Å². The topological polar surface area (TPSA) is 104 Å². The summed E-state index contributed by atoms with van der Waals surface area (Å²) in [6.07, 6.45) is 1.77. The molecular weight excluding hydrogens is 373 g/mol. The van der Waals surface area contributed by atoms with Crippen LogP contribution in [-0.4, -0.2) is 32.7 Å². The number of aryl methyl sites for hydroxylation is 1. The Labute approximate surface area is 158 Å². The Bertz CT molecular complexity index is 920. The lowest BCUT2D eigenvalue weighted by molar-refractivity contribution is -0.0584. The van der Waals surface area contributed by atoms with E-state index in [1.165, 1.54) is 24.8 Å². The van der Waals surface area contributed by atoms with Crippen molar-refractivity contribution in [2.45, 2.75) is 25.9 Å². The number of carbonyl (C=O) groups excluding carboxylic acids is 1. The smallest absolute Gasteiger partial charge is 0.343 e. The normalized spacial score (nSPS) is 14.5. The van der Waals surface area contributed by atoms with E-state index in [-0.39, 0.29) is 5.92 Å². The lowest BCUT2D eigenvalue weighted by atomic mass is 10.2. The first-order chi connectivity index (χ1) is 13.2. The summed E-state index contributed by atoms with van der Waals surface area (Å²) >= 11 is 0. The SMILES string of the molecule is Cc1ncncc1C(=O)Nc1ccc(N/C(=C\C(=N)C(F)(F)F)C2CC2)nc1. The lowest BCUT2D eigenvalue weighted by Crippen LogP contribution is -2.21. The quantitative estimate of drug-likeness (QED) is 0.652. The molecule has 0 spiro atoms. The second-order valence-corrected chi connectivity index (χ2v) is 6.32. The Balaban J connectivity index is 1.68. The van der Waals surface area contributed by atoms with Crippen LogP contribution in [0.5, 0.6) is 0 Å². The highest BCUT2D eigenvalue weighted by Gasteiger charge is 2.35. The number of halogens is 3. The molecule has 1 fully saturated rings. The summed E-state index contributed by atoms with van der Waals surface area (Å²) in [4.78, 5) is 24.1. The number of anilines is 2. The number of alkyl halides is 3. The van der Waals surface area contributed by atoms with Crippen LogP contribution in [0.4, 0.5) is 24.7 Å². The van der Waals surface area contributed by atoms with Crippen LogP contribution < -0.4 is 10.6 Å². The van der Waals surface area contributed by atoms with Gasteiger partial charge in [-0.2, -0.15) is 13.2 Å². The third-order valence-corrected chi connectivity index (χ3v) is 4.07. The molecular formula is C18H17F3N6O. The Hall–Kier alpha value is -3.30. The number of nitrogens with zero attached hydrogens (tertiary/aromatic N) is 3. The van der Waals surface area contributed by atoms with Gasteiger partial charge in [-0.25, -0.2) is 15.0 Å². The molecule has 0 aromatic carbocycles. The van der Waals surface area contributed by atoms with Gasteiger partial charge in [-0.1, -0.05) is 0 Å². The van der Waals surface area contributed by atoms with Crippen molar-refractivity contribution >= 4 is 23.1 Å². The number of hydrogen-bond donors (Lipinski definition) is 3. The van der Waals surface area contributed by atoms with E-state index in [2.05, 4.69) is 25.6 Å². The van der Waals surface area contributed by atoms with Gasteiger partial charge < -0.3 is 10.6 Å². The van der Waals surface area contributed by atoms with Crippen LogP contribution in [0.25, 0.3) is 0 Å². The zero-order valence-corrected chi connectivity index (χ0v) is 14.8. The van der Waals surface area contributed by atoms with E-state index in [0.29, 0.717) is 28.5 Å². The number of hydrogen-bond acceptors (Lipinski definition) is 6. The second-order valence-electron chi connectivity index (χ2n) is 6.32. The lowest BCUT2D eigenvalue weighted by Gasteiger charge is -2.12. The number of rotatable bonds is 6. The molecule has 0 bridgehead atoms. The number of amides is 1. The van der Waals surface area contributed by atoms with Crippen molar-refractivity contribution in [2.24, 2.45) is 5.92 Å². The molecule has 1 aliphatic carbocycles. The van der Waals surface area contributed by atoms with Crippen LogP contribution in [0.2, 0.25) is 0 Å². The molecule has 1 amide bonds. The predicted molar refractivity (Wildman–Crippen MR) is 97.2 cm³/mol. The molecule has 2 heterocycles. The fraction of sp³-hybridized carbons (Fsp3) is 0.278. The van der Waals surface area contributed by atoms with Crippen LogP contribution >= 0.6 is 0 Å². The van der Waals surface area contributed by atoms with Crippen molar-refractivity contribution in [3.05, 3.63) is 53.9 Å². The van der Waals surface area contributed by atoms with Gasteiger partial charge in [-0.05, 0) is 43.9 Å². The van der Waals surface area contributed by atoms with E-state index < -0.39 is 17.8 Å². The highest BCUT2D eigenvalue weighted by Crippen LogP contribution is 2.37. The van der Waals surface area contributed by atoms with Gasteiger partial charge in [0.05, 0.1) is 23.1 Å². The molecule has 1 aliphatic rings. The van der Waals surface area contributed by atoms with Gasteiger partial charge in [0.25, 0.3) is 5.91 Å². The predicted octanol–water partition coefficient (Wildman–Crippen LogP) is 3.72. The van der Waals surface area contributed by atoms with Crippen LogP contribution in [-0.2, 0) is 0 Å². The van der Waals surface area contributed by atoms with Crippen molar-refractivity contribution in [2.75, 3.05) is 10.6 Å². The number of nitrogens with one attached hydrogen (secondary N) is 3. The Morgan fingerprint density at radius 3 is 2.54 bits per heavy atom. The summed E-state index contributed by atoms with van der Waals surface area (Å²) in [5.74, 6) is -0.104. The van der Waals surface area contributed by atoms with E-state index in [9.17, 15) is 18.0 Å². The standard InChI is InChI=1S/C18H17F3N6O/c1-10-13(8-23-9-25-10)17(28)26-12-4-5-16(24-7-12)27-14(11-2-3-11)6-15(22)18(19,20)21/h4-9,11,22H,2-3H2,1H3,(H,24,27)(H,26,28)/b14-6-,22-15?. The van der Waals surface area contributed by atoms with Crippen molar-refractivity contribution in [3.63, 3.8) is 0 Å². The summed E-state index contributed by atoms with van der Waals surface area (Å²) in [6.45, 7) is 1.69. The molecule has 2 aromatic rings. The first-order valence-electron chi connectivity index (χ1n) is 8.42. The summed E-state index contributed by atoms with van der Waals surface area (Å²) in [5, 5.41) is 12.6. The fourth-order valence-electron chi connectivity index (χ4n) is 2.39. The molecule has 0 aliphatic heterocycles. The van der Waals surface area contributed by atoms with Gasteiger partial charge in [0.2, 0.25) is 0 Å². The maximum atomic E-state index is 12.6. The van der Waals surface area contributed by atoms with Gasteiger partial charge in [0, 0.05) is 11.9 Å². The molecule has 7 nitrogen and oxygen atoms in total. The monoisotopic (exact) mass is 390 g/mol. The van der Waals surface area contributed by atoms with Gasteiger partial charge in [-0.3, -0.25) is 10.2 Å². The highest BCUT2D eigenvalue weighted by molar-refractivity contribution is 6.04. The molecule has 2 aromatic heterocycles. The average Bonchev–Trinajstić information content (AvgIpc) is 3.47. The summed E-state index contributed by atoms with van der Waals surface area (Å²) < 4.78 is 37.8. The van der Waals surface area contributed by atoms with E-state index in [4.69, 9.17) is 5.41 Å². The van der Waals surface area contributed by atoms with E-state index in [1.54, 1.807) is 13.0 Å². The minimum atomic E-state index is -4.69. The number of carbonyl (C=O) groups is 1. The zero-order valence-electron chi connectivity index (χ0n) is 14.8. The van der Waals surface area contributed by atoms with Gasteiger partial charge in [0.1, 0.15) is 17.9 Å². The first kappa shape index (κ1) is 19.5. The van der Waals surface area contributed by atoms with Crippen molar-refractivity contribution in [1.29, 1.82) is 5.41 Å². The average molecular weight is 390 g/mol. The fourth-order valence-corrected chi connectivity index (χ4v) is 2.39. The summed E-state index contributed by atoms with van der Waals surface area (Å²) in [6, 6.07) is 3.11. The molecule has 28 heavy (non-hydrogen) atoms. The minimum absolute atomic E-state index is 0.0371. The molecule has 0 atom stereocenters. The largest absolute Gasteiger partial charge is 0.432 e. The first-order valence-corrected chi connectivity index (χ1v) is 8.42. The van der Waals surface area contributed by atoms with Crippen molar-refractivity contribution < 1.29 is 18.0 Å². The Morgan fingerprint density at radius 2 is 1.96 bits per heavy atom. The van der Waals surface area contributed by atoms with Crippen LogP contribution in [0, 0.1) is 18.3 Å². The molecule has 1 saturated carbocycles. The van der Waals surface area contributed by atoms with Gasteiger partial charge in [0.15, 0.2) is 0 Å². The Kier molecular flexibility index (Phi) is 5.39. The maximum Gasteiger partial charge on any atom is 0.432 e. The van der Waals surface area contributed by atoms with Crippen molar-refractivity contribution in [3.8, 4) is 0 Å². The third kappa shape index (κ3) is 4.90. The summed E-state index contributed by atoms with van der Waals surface area (Å²) in [7, 11) is 0. The molecule has 146 valence electrons. The molecule has 3 rings (SSSR count). The minimum Gasteiger partial charge on any atom is -0.343 e. The summed E-state index contributed by atoms with van der Waals surface area (Å²) in [5.41, 5.74) is 0.174. The molecule has 0 unspecified atom stereocenters. The van der Waals surface area contributed by atoms with Crippen LogP contribution in [0.1, 0.15) is 28.9 Å². The number of allylic oxidation sites excluding steroid dienone is 2. The highest BCUT2D eigenvalue weighted by atomic mass is 19.4. The molecule has 10 heteroatoms. The third-order valence-electron chi connectivity index (χ3n) is 4.07. The second kappa shape index (κ2) is 7.75. The van der Waals surface area contributed by atoms with E-state index >= 15 is 0 Å². The maximum absolute atomic E-state index is 12.6.